The number of piperazine rings is 1. The zero-order valence-corrected chi connectivity index (χ0v) is 19.8. The van der Waals surface area contributed by atoms with Crippen molar-refractivity contribution < 1.29 is 32.7 Å². The molecule has 2 aliphatic heterocycles. The third-order valence-electron chi connectivity index (χ3n) is 5.39. The zero-order valence-electron chi connectivity index (χ0n) is 17.0. The molecule has 1 fully saturated rings. The number of benzene rings is 2. The van der Waals surface area contributed by atoms with Crippen LogP contribution < -0.4 is 10.2 Å². The average Bonchev–Trinajstić information content (AvgIpc) is 3.12. The second kappa shape index (κ2) is 11.2. The van der Waals surface area contributed by atoms with Crippen LogP contribution in [-0.2, 0) is 32.7 Å². The molecule has 143 valence electrons. The second-order valence-electron chi connectivity index (χ2n) is 6.91. The van der Waals surface area contributed by atoms with Crippen LogP contribution in [0.5, 0.6) is 0 Å². The summed E-state index contributed by atoms with van der Waals surface area (Å²) in [5, 5.41) is 3.42. The third-order valence-corrected chi connectivity index (χ3v) is 5.39. The summed E-state index contributed by atoms with van der Waals surface area (Å²) in [6, 6.07) is 17.4. The molecule has 1 N–H and O–H groups in total. The SMILES string of the molecule is CC.Cc1ccccc1N1CCN(CCC2[CH-]Nc3ccccc32)CC1.[Y]. The van der Waals surface area contributed by atoms with Crippen molar-refractivity contribution in [3.05, 3.63) is 66.2 Å². The van der Waals surface area contributed by atoms with Crippen molar-refractivity contribution >= 4 is 11.4 Å². The Morgan fingerprint density at radius 3 is 2.37 bits per heavy atom. The summed E-state index contributed by atoms with van der Waals surface area (Å²) in [6.07, 6.45) is 1.20. The van der Waals surface area contributed by atoms with Gasteiger partial charge in [-0.25, -0.2) is 6.54 Å². The van der Waals surface area contributed by atoms with Crippen molar-refractivity contribution in [2.24, 2.45) is 0 Å². The molecule has 4 rings (SSSR count). The van der Waals surface area contributed by atoms with Gasteiger partial charge in [0.05, 0.1) is 0 Å². The van der Waals surface area contributed by atoms with Gasteiger partial charge in [0.2, 0.25) is 0 Å². The van der Waals surface area contributed by atoms with E-state index in [1.54, 1.807) is 0 Å². The second-order valence-corrected chi connectivity index (χ2v) is 6.91. The Bertz CT molecular complexity index is 696. The number of hydrogen-bond donors (Lipinski definition) is 1. The van der Waals surface area contributed by atoms with Crippen LogP contribution in [0.2, 0.25) is 0 Å². The molecule has 1 atom stereocenters. The van der Waals surface area contributed by atoms with Crippen molar-refractivity contribution in [2.45, 2.75) is 33.1 Å². The van der Waals surface area contributed by atoms with Crippen LogP contribution in [0.4, 0.5) is 11.4 Å². The van der Waals surface area contributed by atoms with Crippen LogP contribution in [0.1, 0.15) is 37.3 Å². The monoisotopic (exact) mass is 439 g/mol. The molecule has 0 bridgehead atoms. The van der Waals surface area contributed by atoms with Gasteiger partial charge in [0.1, 0.15) is 0 Å². The van der Waals surface area contributed by atoms with E-state index in [1.807, 2.05) is 13.8 Å². The van der Waals surface area contributed by atoms with Crippen LogP contribution in [0, 0.1) is 13.5 Å². The fourth-order valence-corrected chi connectivity index (χ4v) is 3.92. The predicted molar refractivity (Wildman–Crippen MR) is 113 cm³/mol. The van der Waals surface area contributed by atoms with E-state index in [9.17, 15) is 0 Å². The van der Waals surface area contributed by atoms with Gasteiger partial charge in [-0.2, -0.15) is 0 Å². The van der Waals surface area contributed by atoms with Gasteiger partial charge in [0.15, 0.2) is 0 Å². The van der Waals surface area contributed by atoms with Gasteiger partial charge in [0.25, 0.3) is 0 Å². The molecule has 4 heteroatoms. The van der Waals surface area contributed by atoms with Crippen LogP contribution in [0.3, 0.4) is 0 Å². The number of rotatable bonds is 4. The Hall–Kier alpha value is -0.896. The van der Waals surface area contributed by atoms with E-state index in [4.69, 9.17) is 0 Å². The molecule has 0 amide bonds. The first-order valence-corrected chi connectivity index (χ1v) is 10.0. The number of nitrogens with zero attached hydrogens (tertiary/aromatic N) is 2. The van der Waals surface area contributed by atoms with Crippen molar-refractivity contribution in [2.75, 3.05) is 42.9 Å². The van der Waals surface area contributed by atoms with Gasteiger partial charge in [-0.1, -0.05) is 62.2 Å². The minimum absolute atomic E-state index is 0. The summed E-state index contributed by atoms with van der Waals surface area (Å²) >= 11 is 0. The molecule has 2 aromatic carbocycles. The van der Waals surface area contributed by atoms with E-state index >= 15 is 0 Å². The smallest absolute Gasteiger partial charge is 0.0396 e. The van der Waals surface area contributed by atoms with Crippen LogP contribution in [0.25, 0.3) is 0 Å². The summed E-state index contributed by atoms with van der Waals surface area (Å²) < 4.78 is 0. The molecular formula is C23H32N3Y-. The van der Waals surface area contributed by atoms with Crippen molar-refractivity contribution in [3.8, 4) is 0 Å². The number of hydrogen-bond acceptors (Lipinski definition) is 3. The maximum Gasteiger partial charge on any atom is 0.0396 e. The summed E-state index contributed by atoms with van der Waals surface area (Å²) in [6.45, 7) is 14.2. The van der Waals surface area contributed by atoms with Crippen molar-refractivity contribution in [1.29, 1.82) is 0 Å². The molecule has 0 aliphatic carbocycles. The fraction of sp³-hybridized carbons (Fsp3) is 0.435. The van der Waals surface area contributed by atoms with Gasteiger partial charge in [-0.3, -0.25) is 4.90 Å². The summed E-state index contributed by atoms with van der Waals surface area (Å²) in [7, 11) is 0. The van der Waals surface area contributed by atoms with Crippen molar-refractivity contribution in [1.82, 2.24) is 4.90 Å². The largest absolute Gasteiger partial charge is 0.534 e. The standard InChI is InChI=1S/C21H26N3.C2H6.Y/c1-17-6-2-5-9-21(17)24-14-12-23(13-15-24)11-10-18-16-22-20-8-4-3-7-19(18)20;1-2;/h2-9,16,18,22H,10-15H2,1H3;1-2H3;/q-1;;. The Kier molecular flexibility index (Phi) is 9.28. The molecule has 3 nitrogen and oxygen atoms in total. The van der Waals surface area contributed by atoms with E-state index in [0.29, 0.717) is 5.92 Å². The number of nitrogens with one attached hydrogen (secondary N) is 1. The molecule has 0 aromatic heterocycles. The predicted octanol–water partition coefficient (Wildman–Crippen LogP) is 4.90. The molecule has 2 aliphatic rings. The first-order valence-electron chi connectivity index (χ1n) is 10.0. The molecule has 2 heterocycles. The molecule has 1 saturated heterocycles. The van der Waals surface area contributed by atoms with Crippen LogP contribution in [0.15, 0.2) is 48.5 Å². The Balaban J connectivity index is 0.000000844. The molecule has 0 spiro atoms. The first-order chi connectivity index (χ1) is 12.8. The molecule has 1 radical (unpaired) electrons. The van der Waals surface area contributed by atoms with Crippen molar-refractivity contribution in [3.63, 3.8) is 0 Å². The zero-order chi connectivity index (χ0) is 18.4. The van der Waals surface area contributed by atoms with Gasteiger partial charge >= 0.3 is 0 Å². The maximum atomic E-state index is 3.42. The van der Waals surface area contributed by atoms with E-state index in [1.165, 1.54) is 35.5 Å². The minimum atomic E-state index is 0. The number of para-hydroxylation sites is 2. The number of fused-ring (bicyclic) bond motifs is 1. The number of anilines is 2. The summed E-state index contributed by atoms with van der Waals surface area (Å²) in [5.41, 5.74) is 5.52. The maximum absolute atomic E-state index is 3.42. The normalized spacial score (nSPS) is 18.6. The van der Waals surface area contributed by atoms with Gasteiger partial charge < -0.3 is 10.2 Å². The van der Waals surface area contributed by atoms with E-state index < -0.39 is 0 Å². The van der Waals surface area contributed by atoms with E-state index in [0.717, 1.165) is 26.2 Å². The average molecular weight is 439 g/mol. The van der Waals surface area contributed by atoms with E-state index in [-0.39, 0.29) is 32.7 Å². The minimum Gasteiger partial charge on any atom is -0.534 e. The number of aryl methyl sites for hydroxylation is 1. The van der Waals surface area contributed by atoms with Gasteiger partial charge in [-0.05, 0) is 31.2 Å². The Morgan fingerprint density at radius 2 is 1.63 bits per heavy atom. The third kappa shape index (κ3) is 5.56. The van der Waals surface area contributed by atoms with Crippen LogP contribution in [-0.4, -0.2) is 37.6 Å². The Labute approximate surface area is 190 Å². The quantitative estimate of drug-likeness (QED) is 0.684. The Morgan fingerprint density at radius 1 is 0.963 bits per heavy atom. The topological polar surface area (TPSA) is 18.5 Å². The van der Waals surface area contributed by atoms with Gasteiger partial charge in [-0.15, -0.1) is 5.92 Å². The van der Waals surface area contributed by atoms with E-state index in [2.05, 4.69) is 77.1 Å². The van der Waals surface area contributed by atoms with Gasteiger partial charge in [0, 0.05) is 70.3 Å². The summed E-state index contributed by atoms with van der Waals surface area (Å²) in [5.74, 6) is 0.551. The molecular weight excluding hydrogens is 407 g/mol. The molecule has 0 saturated carbocycles. The van der Waals surface area contributed by atoms with Crippen LogP contribution >= 0.6 is 0 Å². The molecule has 27 heavy (non-hydrogen) atoms. The summed E-state index contributed by atoms with van der Waals surface area (Å²) in [4.78, 5) is 5.15. The molecule has 2 aromatic rings. The first kappa shape index (κ1) is 22.4. The molecule has 1 unspecified atom stereocenters. The fourth-order valence-electron chi connectivity index (χ4n) is 3.92.